The topological polar surface area (TPSA) is 66.4 Å². The second-order valence-corrected chi connectivity index (χ2v) is 4.69. The van der Waals surface area contributed by atoms with Gasteiger partial charge in [-0.25, -0.2) is 4.79 Å². The molecule has 0 saturated heterocycles. The Morgan fingerprint density at radius 2 is 2.00 bits per heavy atom. The Labute approximate surface area is 88.4 Å². The van der Waals surface area contributed by atoms with E-state index in [1.165, 1.54) is 13.8 Å². The SMILES string of the molecule is CSCC(C)C(=O)NC(C)(C)C(=O)O. The zero-order chi connectivity index (χ0) is 11.4. The van der Waals surface area contributed by atoms with Gasteiger partial charge in [0.1, 0.15) is 5.54 Å². The number of amides is 1. The second kappa shape index (κ2) is 5.24. The second-order valence-electron chi connectivity index (χ2n) is 3.78. The Bertz CT molecular complexity index is 228. The van der Waals surface area contributed by atoms with E-state index in [2.05, 4.69) is 5.32 Å². The molecule has 1 atom stereocenters. The molecule has 5 heteroatoms. The van der Waals surface area contributed by atoms with Crippen molar-refractivity contribution in [2.24, 2.45) is 5.92 Å². The van der Waals surface area contributed by atoms with Gasteiger partial charge >= 0.3 is 5.97 Å². The van der Waals surface area contributed by atoms with Crippen LogP contribution in [0.1, 0.15) is 20.8 Å². The van der Waals surface area contributed by atoms with Gasteiger partial charge in [-0.15, -0.1) is 0 Å². The standard InChI is InChI=1S/C9H17NO3S/c1-6(5-14-4)7(11)10-9(2,3)8(12)13/h6H,5H2,1-4H3,(H,10,11)(H,12,13). The predicted molar refractivity (Wildman–Crippen MR) is 57.4 cm³/mol. The molecule has 1 unspecified atom stereocenters. The monoisotopic (exact) mass is 219 g/mol. The minimum absolute atomic E-state index is 0.163. The highest BCUT2D eigenvalue weighted by molar-refractivity contribution is 7.98. The van der Waals surface area contributed by atoms with E-state index in [1.54, 1.807) is 18.7 Å². The molecule has 0 aromatic carbocycles. The molecule has 0 spiro atoms. The maximum Gasteiger partial charge on any atom is 0.328 e. The van der Waals surface area contributed by atoms with Gasteiger partial charge in [0, 0.05) is 11.7 Å². The Hall–Kier alpha value is -0.710. The highest BCUT2D eigenvalue weighted by atomic mass is 32.2. The van der Waals surface area contributed by atoms with Gasteiger partial charge in [-0.3, -0.25) is 4.79 Å². The molecule has 0 aliphatic rings. The number of thioether (sulfide) groups is 1. The van der Waals surface area contributed by atoms with Gasteiger partial charge in [0.25, 0.3) is 0 Å². The maximum atomic E-state index is 11.5. The zero-order valence-corrected chi connectivity index (χ0v) is 9.77. The van der Waals surface area contributed by atoms with E-state index in [-0.39, 0.29) is 11.8 Å². The quantitative estimate of drug-likeness (QED) is 0.723. The number of aliphatic carboxylic acids is 1. The fraction of sp³-hybridized carbons (Fsp3) is 0.778. The van der Waals surface area contributed by atoms with Crippen molar-refractivity contribution >= 4 is 23.6 Å². The van der Waals surface area contributed by atoms with E-state index in [1.807, 2.05) is 6.26 Å². The molecule has 0 aliphatic carbocycles. The van der Waals surface area contributed by atoms with Gasteiger partial charge < -0.3 is 10.4 Å². The van der Waals surface area contributed by atoms with Crippen LogP contribution >= 0.6 is 11.8 Å². The van der Waals surface area contributed by atoms with Gasteiger partial charge in [0.2, 0.25) is 5.91 Å². The van der Waals surface area contributed by atoms with Crippen molar-refractivity contribution in [3.63, 3.8) is 0 Å². The number of rotatable bonds is 5. The molecular formula is C9H17NO3S. The van der Waals surface area contributed by atoms with Crippen LogP contribution in [0.5, 0.6) is 0 Å². The van der Waals surface area contributed by atoms with Gasteiger partial charge in [0.05, 0.1) is 0 Å². The predicted octanol–water partition coefficient (Wildman–Crippen LogP) is 0.965. The Morgan fingerprint density at radius 1 is 1.50 bits per heavy atom. The van der Waals surface area contributed by atoms with Crippen molar-refractivity contribution in [3.05, 3.63) is 0 Å². The first kappa shape index (κ1) is 13.3. The fourth-order valence-corrected chi connectivity index (χ4v) is 1.46. The minimum atomic E-state index is -1.19. The van der Waals surface area contributed by atoms with Crippen LogP contribution in [0.3, 0.4) is 0 Å². The molecule has 0 rings (SSSR count). The van der Waals surface area contributed by atoms with Crippen LogP contribution in [0.4, 0.5) is 0 Å². The summed E-state index contributed by atoms with van der Waals surface area (Å²) in [5, 5.41) is 11.3. The average Bonchev–Trinajstić information content (AvgIpc) is 2.03. The maximum absolute atomic E-state index is 11.5. The van der Waals surface area contributed by atoms with Crippen molar-refractivity contribution in [2.75, 3.05) is 12.0 Å². The first-order valence-corrected chi connectivity index (χ1v) is 5.75. The summed E-state index contributed by atoms with van der Waals surface area (Å²) in [5.74, 6) is -0.709. The summed E-state index contributed by atoms with van der Waals surface area (Å²) in [6, 6.07) is 0. The molecule has 2 N–H and O–H groups in total. The van der Waals surface area contributed by atoms with Gasteiger partial charge in [-0.1, -0.05) is 6.92 Å². The van der Waals surface area contributed by atoms with Crippen LogP contribution in [0.15, 0.2) is 0 Å². The van der Waals surface area contributed by atoms with E-state index >= 15 is 0 Å². The van der Waals surface area contributed by atoms with Crippen molar-refractivity contribution < 1.29 is 14.7 Å². The van der Waals surface area contributed by atoms with Crippen molar-refractivity contribution in [3.8, 4) is 0 Å². The summed E-state index contributed by atoms with van der Waals surface area (Å²) in [7, 11) is 0. The molecule has 0 aromatic rings. The lowest BCUT2D eigenvalue weighted by molar-refractivity contribution is -0.146. The first-order valence-electron chi connectivity index (χ1n) is 4.35. The van der Waals surface area contributed by atoms with E-state index in [0.29, 0.717) is 5.75 Å². The summed E-state index contributed by atoms with van der Waals surface area (Å²) in [6.07, 6.45) is 1.91. The highest BCUT2D eigenvalue weighted by Gasteiger charge is 2.30. The van der Waals surface area contributed by atoms with Crippen LogP contribution in [0.25, 0.3) is 0 Å². The number of hydrogen-bond donors (Lipinski definition) is 2. The molecule has 0 saturated carbocycles. The zero-order valence-electron chi connectivity index (χ0n) is 8.96. The molecule has 0 aliphatic heterocycles. The summed E-state index contributed by atoms with van der Waals surface area (Å²) in [6.45, 7) is 4.72. The summed E-state index contributed by atoms with van der Waals surface area (Å²) in [4.78, 5) is 22.2. The van der Waals surface area contributed by atoms with E-state index < -0.39 is 11.5 Å². The number of carbonyl (C=O) groups excluding carboxylic acids is 1. The van der Waals surface area contributed by atoms with Crippen LogP contribution in [0.2, 0.25) is 0 Å². The van der Waals surface area contributed by atoms with E-state index in [0.717, 1.165) is 0 Å². The molecule has 0 aromatic heterocycles. The Morgan fingerprint density at radius 3 is 2.36 bits per heavy atom. The fourth-order valence-electron chi connectivity index (χ4n) is 0.810. The number of hydrogen-bond acceptors (Lipinski definition) is 3. The smallest absolute Gasteiger partial charge is 0.328 e. The third kappa shape index (κ3) is 4.00. The summed E-state index contributed by atoms with van der Waals surface area (Å²) in [5.41, 5.74) is -1.19. The molecule has 0 radical (unpaired) electrons. The minimum Gasteiger partial charge on any atom is -0.480 e. The number of carboxylic acid groups (broad SMARTS) is 1. The lowest BCUT2D eigenvalue weighted by Gasteiger charge is -2.23. The largest absolute Gasteiger partial charge is 0.480 e. The van der Waals surface area contributed by atoms with Crippen molar-refractivity contribution in [2.45, 2.75) is 26.3 Å². The Kier molecular flexibility index (Phi) is 4.97. The van der Waals surface area contributed by atoms with Gasteiger partial charge in [-0.2, -0.15) is 11.8 Å². The van der Waals surface area contributed by atoms with E-state index in [4.69, 9.17) is 5.11 Å². The molecule has 1 amide bonds. The lowest BCUT2D eigenvalue weighted by Crippen LogP contribution is -2.51. The Balaban J connectivity index is 4.24. The number of carboxylic acids is 1. The molecule has 0 bridgehead atoms. The lowest BCUT2D eigenvalue weighted by atomic mass is 10.0. The molecular weight excluding hydrogens is 202 g/mol. The van der Waals surface area contributed by atoms with Crippen molar-refractivity contribution in [1.82, 2.24) is 5.32 Å². The third-order valence-corrected chi connectivity index (χ3v) is 2.67. The molecule has 0 fully saturated rings. The van der Waals surface area contributed by atoms with Gasteiger partial charge in [0.15, 0.2) is 0 Å². The van der Waals surface area contributed by atoms with Crippen LogP contribution in [-0.4, -0.2) is 34.5 Å². The molecule has 82 valence electrons. The molecule has 4 nitrogen and oxygen atoms in total. The number of nitrogens with one attached hydrogen (secondary N) is 1. The van der Waals surface area contributed by atoms with Gasteiger partial charge in [-0.05, 0) is 20.1 Å². The average molecular weight is 219 g/mol. The van der Waals surface area contributed by atoms with Crippen molar-refractivity contribution in [1.29, 1.82) is 0 Å². The molecule has 0 heterocycles. The molecule has 14 heavy (non-hydrogen) atoms. The summed E-state index contributed by atoms with van der Waals surface area (Å²) >= 11 is 1.56. The number of carbonyl (C=O) groups is 2. The van der Waals surface area contributed by atoms with E-state index in [9.17, 15) is 9.59 Å². The third-order valence-electron chi connectivity index (χ3n) is 1.83. The normalized spacial score (nSPS) is 13.4. The van der Waals surface area contributed by atoms with Crippen LogP contribution < -0.4 is 5.32 Å². The first-order chi connectivity index (χ1) is 6.31. The highest BCUT2D eigenvalue weighted by Crippen LogP contribution is 2.08. The summed E-state index contributed by atoms with van der Waals surface area (Å²) < 4.78 is 0. The van der Waals surface area contributed by atoms with Crippen LogP contribution in [-0.2, 0) is 9.59 Å². The van der Waals surface area contributed by atoms with Crippen LogP contribution in [0, 0.1) is 5.92 Å².